The molecule has 0 aliphatic rings. The minimum absolute atomic E-state index is 1.09. The second-order valence-corrected chi connectivity index (χ2v) is 17.3. The number of hydrogen-bond donors (Lipinski definition) is 0. The van der Waals surface area contributed by atoms with E-state index in [1.54, 1.807) is 0 Å². The lowest BCUT2D eigenvalue weighted by molar-refractivity contribution is 1.18. The molecule has 13 rings (SSSR count). The quantitative estimate of drug-likeness (QED) is 0.145. The molecule has 1 aromatic heterocycles. The Morgan fingerprint density at radius 2 is 0.742 bits per heavy atom. The van der Waals surface area contributed by atoms with Crippen LogP contribution in [0.1, 0.15) is 0 Å². The first kappa shape index (κ1) is 37.8. The monoisotopic (exact) mass is 838 g/mol. The van der Waals surface area contributed by atoms with Gasteiger partial charge in [0.05, 0.1) is 11.0 Å². The molecule has 2 heteroatoms. The summed E-state index contributed by atoms with van der Waals surface area (Å²) in [5.41, 5.74) is 14.0. The average molecular weight is 839 g/mol. The molecule has 0 saturated carbocycles. The number of fused-ring (bicyclic) bond motifs is 9. The molecular formula is C64H42N2. The zero-order valence-corrected chi connectivity index (χ0v) is 36.1. The second-order valence-electron chi connectivity index (χ2n) is 17.3. The van der Waals surface area contributed by atoms with Gasteiger partial charge in [-0.1, -0.05) is 182 Å². The summed E-state index contributed by atoms with van der Waals surface area (Å²) in [4.78, 5) is 2.39. The zero-order valence-electron chi connectivity index (χ0n) is 36.1. The van der Waals surface area contributed by atoms with Crippen LogP contribution in [0.4, 0.5) is 17.1 Å². The molecule has 0 saturated heterocycles. The summed E-state index contributed by atoms with van der Waals surface area (Å²) in [6.45, 7) is 0. The van der Waals surface area contributed by atoms with Crippen LogP contribution in [-0.2, 0) is 0 Å². The van der Waals surface area contributed by atoms with Gasteiger partial charge in [-0.2, -0.15) is 0 Å². The molecule has 308 valence electrons. The van der Waals surface area contributed by atoms with Crippen molar-refractivity contribution >= 4 is 82.0 Å². The van der Waals surface area contributed by atoms with E-state index >= 15 is 0 Å². The van der Waals surface area contributed by atoms with Crippen LogP contribution < -0.4 is 4.90 Å². The third-order valence-corrected chi connectivity index (χ3v) is 13.5. The third kappa shape index (κ3) is 6.34. The van der Waals surface area contributed by atoms with E-state index in [-0.39, 0.29) is 0 Å². The SMILES string of the molecule is c1ccc(-n2c3ccccc3c3c(-c4cccc(N(c5ccc(-c6ccc7c(ccc8ccccc87)c6)cc5)c5ccc(-c6ccc7c(ccc8ccccc87)c6)cc5)c4)cccc32)cc1. The molecule has 13 aromatic rings. The number of nitrogens with zero attached hydrogens (tertiary/aromatic N) is 2. The highest BCUT2D eigenvalue weighted by atomic mass is 15.1. The fourth-order valence-corrected chi connectivity index (χ4v) is 10.4. The molecule has 12 aromatic carbocycles. The largest absolute Gasteiger partial charge is 0.310 e. The number of benzene rings is 12. The molecule has 0 fully saturated rings. The van der Waals surface area contributed by atoms with E-state index in [0.717, 1.165) is 22.7 Å². The normalized spacial score (nSPS) is 11.6. The van der Waals surface area contributed by atoms with E-state index in [0.29, 0.717) is 0 Å². The lowest BCUT2D eigenvalue weighted by atomic mass is 9.96. The summed E-state index contributed by atoms with van der Waals surface area (Å²) < 4.78 is 2.39. The van der Waals surface area contributed by atoms with Crippen molar-refractivity contribution in [1.82, 2.24) is 4.57 Å². The van der Waals surface area contributed by atoms with E-state index in [1.165, 1.54) is 98.3 Å². The minimum Gasteiger partial charge on any atom is -0.310 e. The number of rotatable bonds is 7. The molecule has 0 N–H and O–H groups in total. The molecule has 0 aliphatic carbocycles. The highest BCUT2D eigenvalue weighted by Gasteiger charge is 2.19. The van der Waals surface area contributed by atoms with Crippen molar-refractivity contribution in [2.75, 3.05) is 4.90 Å². The molecule has 0 aliphatic heterocycles. The van der Waals surface area contributed by atoms with Gasteiger partial charge in [-0.15, -0.1) is 0 Å². The smallest absolute Gasteiger partial charge is 0.0547 e. The predicted octanol–water partition coefficient (Wildman–Crippen LogP) is 17.9. The van der Waals surface area contributed by atoms with Gasteiger partial charge in [0.1, 0.15) is 0 Å². The third-order valence-electron chi connectivity index (χ3n) is 13.5. The number of hydrogen-bond acceptors (Lipinski definition) is 1. The Morgan fingerprint density at radius 3 is 1.36 bits per heavy atom. The van der Waals surface area contributed by atoms with Crippen molar-refractivity contribution in [3.05, 3.63) is 255 Å². The number of anilines is 3. The van der Waals surface area contributed by atoms with Crippen LogP contribution in [-0.4, -0.2) is 4.57 Å². The van der Waals surface area contributed by atoms with Gasteiger partial charge in [0.2, 0.25) is 0 Å². The van der Waals surface area contributed by atoms with Crippen LogP contribution in [0, 0.1) is 0 Å². The number of para-hydroxylation sites is 2. The Bertz CT molecular complexity index is 3810. The van der Waals surface area contributed by atoms with Crippen molar-refractivity contribution in [2.24, 2.45) is 0 Å². The van der Waals surface area contributed by atoms with E-state index in [9.17, 15) is 0 Å². The van der Waals surface area contributed by atoms with Gasteiger partial charge in [-0.25, -0.2) is 0 Å². The fraction of sp³-hybridized carbons (Fsp3) is 0. The highest BCUT2D eigenvalue weighted by Crippen LogP contribution is 2.43. The Balaban J connectivity index is 0.924. The maximum absolute atomic E-state index is 2.39. The van der Waals surface area contributed by atoms with Gasteiger partial charge in [0.15, 0.2) is 0 Å². The van der Waals surface area contributed by atoms with Gasteiger partial charge in [0, 0.05) is 33.5 Å². The Labute approximate surface area is 383 Å². The topological polar surface area (TPSA) is 8.17 Å². The summed E-state index contributed by atoms with van der Waals surface area (Å²) in [6.07, 6.45) is 0. The summed E-state index contributed by atoms with van der Waals surface area (Å²) >= 11 is 0. The lowest BCUT2D eigenvalue weighted by Gasteiger charge is -2.26. The van der Waals surface area contributed by atoms with Gasteiger partial charge < -0.3 is 9.47 Å². The van der Waals surface area contributed by atoms with Gasteiger partial charge in [-0.05, 0) is 149 Å². The molecule has 0 radical (unpaired) electrons. The number of aromatic nitrogens is 1. The maximum atomic E-state index is 2.39. The predicted molar refractivity (Wildman–Crippen MR) is 282 cm³/mol. The molecule has 1 heterocycles. The molecular weight excluding hydrogens is 797 g/mol. The fourth-order valence-electron chi connectivity index (χ4n) is 10.4. The Kier molecular flexibility index (Phi) is 8.89. The lowest BCUT2D eigenvalue weighted by Crippen LogP contribution is -2.10. The van der Waals surface area contributed by atoms with E-state index in [4.69, 9.17) is 0 Å². The summed E-state index contributed by atoms with van der Waals surface area (Å²) in [7, 11) is 0. The zero-order chi connectivity index (χ0) is 43.6. The van der Waals surface area contributed by atoms with Crippen molar-refractivity contribution in [3.63, 3.8) is 0 Å². The molecule has 0 unspecified atom stereocenters. The first-order valence-electron chi connectivity index (χ1n) is 22.7. The van der Waals surface area contributed by atoms with Crippen LogP contribution in [0.15, 0.2) is 255 Å². The first-order chi connectivity index (χ1) is 32.7. The van der Waals surface area contributed by atoms with Crippen LogP contribution in [0.3, 0.4) is 0 Å². The summed E-state index contributed by atoms with van der Waals surface area (Å²) in [6, 6.07) is 93.3. The first-order valence-corrected chi connectivity index (χ1v) is 22.7. The van der Waals surface area contributed by atoms with Crippen molar-refractivity contribution in [1.29, 1.82) is 0 Å². The molecule has 0 amide bonds. The van der Waals surface area contributed by atoms with Gasteiger partial charge in [-0.3, -0.25) is 0 Å². The standard InChI is InChI=1S/C64H42N2/c1-2-15-52(16-3-1)66-62-22-9-8-20-61(62)64-60(21-11-23-63(64)66)49-14-10-17-55(42-49)65(53-34-28-43(29-35-53)47-32-38-58-50(40-47)26-24-45-12-4-6-18-56(45)58)54-36-30-44(31-37-54)48-33-39-59-51(41-48)27-25-46-13-5-7-19-57(46)59/h1-42H. The second kappa shape index (κ2) is 15.5. The van der Waals surface area contributed by atoms with Gasteiger partial charge >= 0.3 is 0 Å². The van der Waals surface area contributed by atoms with E-state index in [2.05, 4.69) is 264 Å². The molecule has 0 spiro atoms. The van der Waals surface area contributed by atoms with Crippen molar-refractivity contribution in [3.8, 4) is 39.1 Å². The molecule has 2 nitrogen and oxygen atoms in total. The van der Waals surface area contributed by atoms with Crippen LogP contribution in [0.25, 0.3) is 104 Å². The highest BCUT2D eigenvalue weighted by molar-refractivity contribution is 6.16. The molecule has 0 atom stereocenters. The van der Waals surface area contributed by atoms with Crippen LogP contribution in [0.5, 0.6) is 0 Å². The van der Waals surface area contributed by atoms with Crippen LogP contribution in [0.2, 0.25) is 0 Å². The maximum Gasteiger partial charge on any atom is 0.0547 e. The minimum atomic E-state index is 1.09. The molecule has 0 bridgehead atoms. The van der Waals surface area contributed by atoms with Gasteiger partial charge in [0.25, 0.3) is 0 Å². The van der Waals surface area contributed by atoms with Crippen LogP contribution >= 0.6 is 0 Å². The summed E-state index contributed by atoms with van der Waals surface area (Å²) in [5, 5.41) is 12.6. The van der Waals surface area contributed by atoms with Crippen molar-refractivity contribution in [2.45, 2.75) is 0 Å². The molecule has 66 heavy (non-hydrogen) atoms. The average Bonchev–Trinajstić information content (AvgIpc) is 3.74. The van der Waals surface area contributed by atoms with Crippen molar-refractivity contribution < 1.29 is 0 Å². The van der Waals surface area contributed by atoms with E-state index in [1.807, 2.05) is 0 Å². The Morgan fingerprint density at radius 1 is 0.258 bits per heavy atom. The summed E-state index contributed by atoms with van der Waals surface area (Å²) in [5.74, 6) is 0. The van der Waals surface area contributed by atoms with E-state index < -0.39 is 0 Å². The Hall–Kier alpha value is -8.72.